The number of hydrogen-bond acceptors (Lipinski definition) is 2. The predicted octanol–water partition coefficient (Wildman–Crippen LogP) is 4.22. The van der Waals surface area contributed by atoms with Gasteiger partial charge in [0, 0.05) is 6.54 Å². The second kappa shape index (κ2) is 5.41. The van der Waals surface area contributed by atoms with Crippen LogP contribution in [0.4, 0.5) is 0 Å². The van der Waals surface area contributed by atoms with E-state index >= 15 is 0 Å². The van der Waals surface area contributed by atoms with Gasteiger partial charge >= 0.3 is 0 Å². The Morgan fingerprint density at radius 3 is 2.68 bits per heavy atom. The number of benzene rings is 1. The maximum absolute atomic E-state index is 6.05. The first kappa shape index (κ1) is 14.2. The molecule has 0 unspecified atom stereocenters. The highest BCUT2D eigenvalue weighted by Crippen LogP contribution is 2.30. The summed E-state index contributed by atoms with van der Waals surface area (Å²) >= 11 is 6.05. The molecular formula is C15H21ClN2O. The van der Waals surface area contributed by atoms with E-state index in [2.05, 4.69) is 36.4 Å². The Kier molecular flexibility index (Phi) is 4.04. The summed E-state index contributed by atoms with van der Waals surface area (Å²) in [5.41, 5.74) is 2.21. The van der Waals surface area contributed by atoms with E-state index in [0.717, 1.165) is 35.6 Å². The van der Waals surface area contributed by atoms with Crippen LogP contribution in [0.5, 0.6) is 5.75 Å². The molecule has 1 heterocycles. The van der Waals surface area contributed by atoms with E-state index in [1.54, 1.807) is 7.11 Å². The molecule has 0 bridgehead atoms. The summed E-state index contributed by atoms with van der Waals surface area (Å²) in [7, 11) is 1.67. The first-order chi connectivity index (χ1) is 9.02. The maximum atomic E-state index is 6.05. The smallest absolute Gasteiger partial charge is 0.146 e. The fraction of sp³-hybridized carbons (Fsp3) is 0.533. The van der Waals surface area contributed by atoms with Gasteiger partial charge < -0.3 is 9.30 Å². The van der Waals surface area contributed by atoms with Crippen molar-refractivity contribution < 1.29 is 4.74 Å². The van der Waals surface area contributed by atoms with E-state index in [9.17, 15) is 0 Å². The number of hydrogen-bond donors (Lipinski definition) is 0. The molecular weight excluding hydrogens is 260 g/mol. The molecule has 0 aliphatic carbocycles. The third-order valence-corrected chi connectivity index (χ3v) is 3.94. The van der Waals surface area contributed by atoms with Crippen LogP contribution < -0.4 is 4.74 Å². The molecule has 0 amide bonds. The number of halogens is 1. The second-order valence-corrected chi connectivity index (χ2v) is 5.86. The Hall–Kier alpha value is -1.22. The number of methoxy groups -OCH3 is 1. The summed E-state index contributed by atoms with van der Waals surface area (Å²) in [4.78, 5) is 4.63. The van der Waals surface area contributed by atoms with Gasteiger partial charge in [-0.1, -0.05) is 26.8 Å². The molecule has 0 fully saturated rings. The zero-order valence-corrected chi connectivity index (χ0v) is 12.8. The van der Waals surface area contributed by atoms with E-state index in [1.165, 1.54) is 0 Å². The Bertz CT molecular complexity index is 575. The van der Waals surface area contributed by atoms with Crippen molar-refractivity contribution >= 4 is 22.6 Å². The minimum Gasteiger partial charge on any atom is -0.494 e. The standard InChI is InChI=1S/C15H21ClN2O/c1-5-15(2,3)10-18-11-7-6-8-12(19-4)14(11)17-13(18)9-16/h6-8H,5,9-10H2,1-4H3. The molecule has 104 valence electrons. The summed E-state index contributed by atoms with van der Waals surface area (Å²) in [5, 5.41) is 0. The van der Waals surface area contributed by atoms with Crippen molar-refractivity contribution in [2.75, 3.05) is 7.11 Å². The molecule has 0 radical (unpaired) electrons. The SMILES string of the molecule is CCC(C)(C)Cn1c(CCl)nc2c(OC)cccc21. The van der Waals surface area contributed by atoms with Crippen molar-refractivity contribution in [3.8, 4) is 5.75 Å². The van der Waals surface area contributed by atoms with Crippen LogP contribution in [-0.2, 0) is 12.4 Å². The lowest BCUT2D eigenvalue weighted by Gasteiger charge is -2.24. The molecule has 4 heteroatoms. The third-order valence-electron chi connectivity index (χ3n) is 3.70. The van der Waals surface area contributed by atoms with E-state index < -0.39 is 0 Å². The lowest BCUT2D eigenvalue weighted by atomic mass is 9.90. The largest absolute Gasteiger partial charge is 0.494 e. The first-order valence-electron chi connectivity index (χ1n) is 6.60. The molecule has 19 heavy (non-hydrogen) atoms. The topological polar surface area (TPSA) is 27.1 Å². The van der Waals surface area contributed by atoms with E-state index in [0.29, 0.717) is 5.88 Å². The van der Waals surface area contributed by atoms with E-state index in [-0.39, 0.29) is 5.41 Å². The van der Waals surface area contributed by atoms with Crippen LogP contribution >= 0.6 is 11.6 Å². The Morgan fingerprint density at radius 2 is 2.11 bits per heavy atom. The normalized spacial score (nSPS) is 12.1. The summed E-state index contributed by atoms with van der Waals surface area (Å²) in [6.45, 7) is 7.64. The Labute approximate surface area is 119 Å². The number of nitrogens with zero attached hydrogens (tertiary/aromatic N) is 2. The Balaban J connectivity index is 2.58. The van der Waals surface area contributed by atoms with E-state index in [4.69, 9.17) is 16.3 Å². The number of rotatable bonds is 5. The summed E-state index contributed by atoms with van der Waals surface area (Å²) < 4.78 is 7.59. The first-order valence-corrected chi connectivity index (χ1v) is 7.14. The van der Waals surface area contributed by atoms with Gasteiger partial charge in [0.05, 0.1) is 18.5 Å². The zero-order chi connectivity index (χ0) is 14.0. The molecule has 0 aliphatic heterocycles. The average Bonchev–Trinajstić information content (AvgIpc) is 2.76. The third kappa shape index (κ3) is 2.71. The summed E-state index contributed by atoms with van der Waals surface area (Å²) in [5.74, 6) is 2.12. The summed E-state index contributed by atoms with van der Waals surface area (Å²) in [6.07, 6.45) is 1.11. The number of alkyl halides is 1. The molecule has 0 N–H and O–H groups in total. The quantitative estimate of drug-likeness (QED) is 0.767. The highest BCUT2D eigenvalue weighted by atomic mass is 35.5. The van der Waals surface area contributed by atoms with Crippen LogP contribution in [0, 0.1) is 5.41 Å². The van der Waals surface area contributed by atoms with Crippen LogP contribution in [0.15, 0.2) is 18.2 Å². The minimum atomic E-state index is 0.220. The van der Waals surface area contributed by atoms with Crippen molar-refractivity contribution in [1.29, 1.82) is 0 Å². The maximum Gasteiger partial charge on any atom is 0.146 e. The van der Waals surface area contributed by atoms with Crippen LogP contribution in [0.3, 0.4) is 0 Å². The van der Waals surface area contributed by atoms with Crippen molar-refractivity contribution in [3.63, 3.8) is 0 Å². The average molecular weight is 281 g/mol. The molecule has 0 aliphatic rings. The highest BCUT2D eigenvalue weighted by Gasteiger charge is 2.21. The number of ether oxygens (including phenoxy) is 1. The van der Waals surface area contributed by atoms with Gasteiger partial charge in [0.25, 0.3) is 0 Å². The van der Waals surface area contributed by atoms with Gasteiger partial charge in [0.15, 0.2) is 0 Å². The number of aromatic nitrogens is 2. The second-order valence-electron chi connectivity index (χ2n) is 5.59. The van der Waals surface area contributed by atoms with Crippen LogP contribution in [-0.4, -0.2) is 16.7 Å². The van der Waals surface area contributed by atoms with Crippen LogP contribution in [0.2, 0.25) is 0 Å². The number of para-hydroxylation sites is 1. The van der Waals surface area contributed by atoms with Gasteiger partial charge in [0.2, 0.25) is 0 Å². The van der Waals surface area contributed by atoms with Crippen molar-refractivity contribution in [2.24, 2.45) is 5.41 Å². The molecule has 0 spiro atoms. The highest BCUT2D eigenvalue weighted by molar-refractivity contribution is 6.16. The van der Waals surface area contributed by atoms with Gasteiger partial charge in [-0.05, 0) is 24.0 Å². The molecule has 0 saturated heterocycles. The molecule has 0 atom stereocenters. The molecule has 2 rings (SSSR count). The van der Waals surface area contributed by atoms with Crippen molar-refractivity contribution in [1.82, 2.24) is 9.55 Å². The molecule has 1 aromatic carbocycles. The lowest BCUT2D eigenvalue weighted by molar-refractivity contribution is 0.295. The van der Waals surface area contributed by atoms with E-state index in [1.807, 2.05) is 12.1 Å². The van der Waals surface area contributed by atoms with Crippen molar-refractivity contribution in [3.05, 3.63) is 24.0 Å². The van der Waals surface area contributed by atoms with Gasteiger partial charge in [-0.15, -0.1) is 11.6 Å². The van der Waals surface area contributed by atoms with Gasteiger partial charge in [-0.3, -0.25) is 0 Å². The van der Waals surface area contributed by atoms with Gasteiger partial charge in [-0.25, -0.2) is 4.98 Å². The fourth-order valence-electron chi connectivity index (χ4n) is 2.15. The zero-order valence-electron chi connectivity index (χ0n) is 12.0. The monoisotopic (exact) mass is 280 g/mol. The van der Waals surface area contributed by atoms with Gasteiger partial charge in [0.1, 0.15) is 17.1 Å². The predicted molar refractivity (Wildman–Crippen MR) is 79.9 cm³/mol. The molecule has 3 nitrogen and oxygen atoms in total. The summed E-state index contributed by atoms with van der Waals surface area (Å²) in [6, 6.07) is 6.01. The van der Waals surface area contributed by atoms with Crippen LogP contribution in [0.1, 0.15) is 33.0 Å². The molecule has 0 saturated carbocycles. The van der Waals surface area contributed by atoms with Crippen LogP contribution in [0.25, 0.3) is 11.0 Å². The van der Waals surface area contributed by atoms with Crippen molar-refractivity contribution in [2.45, 2.75) is 39.6 Å². The molecule has 2 aromatic rings. The number of fused-ring (bicyclic) bond motifs is 1. The lowest BCUT2D eigenvalue weighted by Crippen LogP contribution is -2.19. The van der Waals surface area contributed by atoms with Gasteiger partial charge in [-0.2, -0.15) is 0 Å². The molecule has 1 aromatic heterocycles. The minimum absolute atomic E-state index is 0.220. The fourth-order valence-corrected chi connectivity index (χ4v) is 2.36. The number of imidazole rings is 1. The Morgan fingerprint density at radius 1 is 1.37 bits per heavy atom.